The van der Waals surface area contributed by atoms with Gasteiger partial charge in [0.25, 0.3) is 5.91 Å². The Bertz CT molecular complexity index is 432. The normalized spacial score (nSPS) is 14.8. The van der Waals surface area contributed by atoms with E-state index in [-0.39, 0.29) is 12.5 Å². The molecule has 0 bridgehead atoms. The third-order valence-electron chi connectivity index (χ3n) is 3.61. The number of carbonyl (C=O) groups excluding carboxylic acids is 1. The van der Waals surface area contributed by atoms with Gasteiger partial charge < -0.3 is 15.3 Å². The van der Waals surface area contributed by atoms with Crippen LogP contribution in [-0.2, 0) is 0 Å². The number of aliphatic hydroxyl groups excluding tert-OH is 1. The number of hydrogen-bond donors (Lipinski definition) is 2. The highest BCUT2D eigenvalue weighted by atomic mass is 16.3. The third kappa shape index (κ3) is 3.23. The van der Waals surface area contributed by atoms with Crippen LogP contribution in [0.1, 0.15) is 36.2 Å². The van der Waals surface area contributed by atoms with Gasteiger partial charge in [-0.05, 0) is 37.8 Å². The number of rotatable bonds is 6. The molecular formula is C14H21N3O2. The first kappa shape index (κ1) is 13.8. The monoisotopic (exact) mass is 263 g/mol. The minimum Gasteiger partial charge on any atom is -0.396 e. The van der Waals surface area contributed by atoms with Gasteiger partial charge in [-0.2, -0.15) is 0 Å². The van der Waals surface area contributed by atoms with Gasteiger partial charge in [-0.15, -0.1) is 0 Å². The standard InChI is InChI=1S/C14H21N3O2/c1-15-14(19)13-10-12(6-7-16-13)17(8-3-9-18)11-4-2-5-11/h6-7,10-11,18H,2-5,8-9H2,1H3,(H,15,19). The largest absolute Gasteiger partial charge is 0.396 e. The van der Waals surface area contributed by atoms with Gasteiger partial charge in [0.05, 0.1) is 0 Å². The molecule has 19 heavy (non-hydrogen) atoms. The zero-order valence-corrected chi connectivity index (χ0v) is 11.3. The average Bonchev–Trinajstić information content (AvgIpc) is 2.40. The molecule has 1 aromatic rings. The van der Waals surface area contributed by atoms with Crippen molar-refractivity contribution in [3.63, 3.8) is 0 Å². The summed E-state index contributed by atoms with van der Waals surface area (Å²) in [5.41, 5.74) is 1.46. The summed E-state index contributed by atoms with van der Waals surface area (Å²) in [4.78, 5) is 18.0. The van der Waals surface area contributed by atoms with E-state index in [9.17, 15) is 4.79 Å². The first-order valence-electron chi connectivity index (χ1n) is 6.82. The summed E-state index contributed by atoms with van der Waals surface area (Å²) in [6.07, 6.45) is 6.04. The molecule has 0 aliphatic heterocycles. The highest BCUT2D eigenvalue weighted by molar-refractivity contribution is 5.92. The smallest absolute Gasteiger partial charge is 0.269 e. The number of nitrogens with one attached hydrogen (secondary N) is 1. The van der Waals surface area contributed by atoms with Crippen LogP contribution in [0, 0.1) is 0 Å². The molecule has 1 aromatic heterocycles. The summed E-state index contributed by atoms with van der Waals surface area (Å²) in [5, 5.41) is 11.6. The van der Waals surface area contributed by atoms with Crippen LogP contribution in [0.2, 0.25) is 0 Å². The SMILES string of the molecule is CNC(=O)c1cc(N(CCCO)C2CCC2)ccn1. The van der Waals surface area contributed by atoms with Gasteiger partial charge in [-0.25, -0.2) is 0 Å². The van der Waals surface area contributed by atoms with Crippen LogP contribution in [0.3, 0.4) is 0 Å². The highest BCUT2D eigenvalue weighted by Gasteiger charge is 2.25. The lowest BCUT2D eigenvalue weighted by molar-refractivity contribution is 0.0958. The number of aromatic nitrogens is 1. The van der Waals surface area contributed by atoms with Gasteiger partial charge in [0.2, 0.25) is 0 Å². The van der Waals surface area contributed by atoms with E-state index in [0.717, 1.165) is 18.7 Å². The first-order chi connectivity index (χ1) is 9.26. The molecule has 0 aromatic carbocycles. The van der Waals surface area contributed by atoms with Gasteiger partial charge in [-0.1, -0.05) is 0 Å². The van der Waals surface area contributed by atoms with Crippen LogP contribution in [0.4, 0.5) is 5.69 Å². The molecule has 0 radical (unpaired) electrons. The molecule has 0 spiro atoms. The Hall–Kier alpha value is -1.62. The van der Waals surface area contributed by atoms with E-state index < -0.39 is 0 Å². The fraction of sp³-hybridized carbons (Fsp3) is 0.571. The van der Waals surface area contributed by atoms with Gasteiger partial charge in [0, 0.05) is 38.1 Å². The van der Waals surface area contributed by atoms with Crippen LogP contribution in [0.15, 0.2) is 18.3 Å². The Morgan fingerprint density at radius 2 is 2.37 bits per heavy atom. The van der Waals surface area contributed by atoms with Gasteiger partial charge in [0.1, 0.15) is 5.69 Å². The summed E-state index contributed by atoms with van der Waals surface area (Å²) in [6, 6.07) is 4.29. The van der Waals surface area contributed by atoms with Crippen molar-refractivity contribution in [2.45, 2.75) is 31.7 Å². The average molecular weight is 263 g/mol. The summed E-state index contributed by atoms with van der Waals surface area (Å²) in [6.45, 7) is 1.01. The van der Waals surface area contributed by atoms with Crippen LogP contribution >= 0.6 is 0 Å². The van der Waals surface area contributed by atoms with Crippen LogP contribution < -0.4 is 10.2 Å². The zero-order chi connectivity index (χ0) is 13.7. The molecule has 5 nitrogen and oxygen atoms in total. The van der Waals surface area contributed by atoms with Crippen molar-refractivity contribution in [3.8, 4) is 0 Å². The molecule has 1 saturated carbocycles. The lowest BCUT2D eigenvalue weighted by Crippen LogP contribution is -2.41. The maximum Gasteiger partial charge on any atom is 0.269 e. The summed E-state index contributed by atoms with van der Waals surface area (Å²) >= 11 is 0. The second-order valence-electron chi connectivity index (χ2n) is 4.83. The number of carbonyl (C=O) groups is 1. The fourth-order valence-electron chi connectivity index (χ4n) is 2.31. The van der Waals surface area contributed by atoms with Crippen LogP contribution in [0.25, 0.3) is 0 Å². The van der Waals surface area contributed by atoms with E-state index in [2.05, 4.69) is 15.2 Å². The second-order valence-corrected chi connectivity index (χ2v) is 4.83. The molecule has 104 valence electrons. The van der Waals surface area contributed by atoms with Crippen molar-refractivity contribution in [2.24, 2.45) is 0 Å². The molecule has 1 aliphatic carbocycles. The zero-order valence-electron chi connectivity index (χ0n) is 11.3. The number of pyridine rings is 1. The van der Waals surface area contributed by atoms with E-state index in [1.54, 1.807) is 13.2 Å². The van der Waals surface area contributed by atoms with Crippen molar-refractivity contribution in [1.82, 2.24) is 10.3 Å². The summed E-state index contributed by atoms with van der Waals surface area (Å²) < 4.78 is 0. The minimum atomic E-state index is -0.169. The first-order valence-corrected chi connectivity index (χ1v) is 6.82. The number of hydrogen-bond acceptors (Lipinski definition) is 4. The Morgan fingerprint density at radius 3 is 2.95 bits per heavy atom. The number of aliphatic hydroxyl groups is 1. The van der Waals surface area contributed by atoms with E-state index in [0.29, 0.717) is 11.7 Å². The minimum absolute atomic E-state index is 0.169. The summed E-state index contributed by atoms with van der Waals surface area (Å²) in [5.74, 6) is -0.169. The molecule has 0 saturated heterocycles. The van der Waals surface area contributed by atoms with E-state index in [4.69, 9.17) is 5.11 Å². The van der Waals surface area contributed by atoms with Crippen LogP contribution in [0.5, 0.6) is 0 Å². The van der Waals surface area contributed by atoms with E-state index in [1.807, 2.05) is 12.1 Å². The molecule has 0 atom stereocenters. The quantitative estimate of drug-likeness (QED) is 0.809. The van der Waals surface area contributed by atoms with Crippen LogP contribution in [-0.4, -0.2) is 42.2 Å². The Balaban J connectivity index is 2.17. The Labute approximate surface area is 113 Å². The highest BCUT2D eigenvalue weighted by Crippen LogP contribution is 2.29. The third-order valence-corrected chi connectivity index (χ3v) is 3.61. The fourth-order valence-corrected chi connectivity index (χ4v) is 2.31. The lowest BCUT2D eigenvalue weighted by atomic mass is 9.91. The molecule has 1 amide bonds. The number of amides is 1. The number of nitrogens with zero attached hydrogens (tertiary/aromatic N) is 2. The Morgan fingerprint density at radius 1 is 1.58 bits per heavy atom. The van der Waals surface area contributed by atoms with Crippen molar-refractivity contribution in [1.29, 1.82) is 0 Å². The maximum atomic E-state index is 11.6. The molecule has 1 fully saturated rings. The van der Waals surface area contributed by atoms with Gasteiger partial charge in [0.15, 0.2) is 0 Å². The van der Waals surface area contributed by atoms with Crippen molar-refractivity contribution < 1.29 is 9.90 Å². The van der Waals surface area contributed by atoms with Crippen molar-refractivity contribution in [3.05, 3.63) is 24.0 Å². The Kier molecular flexibility index (Phi) is 4.74. The topological polar surface area (TPSA) is 65.5 Å². The number of anilines is 1. The molecule has 1 heterocycles. The second kappa shape index (κ2) is 6.52. The molecular weight excluding hydrogens is 242 g/mol. The van der Waals surface area contributed by atoms with Gasteiger partial charge >= 0.3 is 0 Å². The van der Waals surface area contributed by atoms with Gasteiger partial charge in [-0.3, -0.25) is 9.78 Å². The van der Waals surface area contributed by atoms with E-state index in [1.165, 1.54) is 19.3 Å². The molecule has 2 N–H and O–H groups in total. The predicted octanol–water partition coefficient (Wildman–Crippen LogP) is 1.18. The van der Waals surface area contributed by atoms with Crippen molar-refractivity contribution in [2.75, 3.05) is 25.1 Å². The van der Waals surface area contributed by atoms with E-state index >= 15 is 0 Å². The lowest BCUT2D eigenvalue weighted by Gasteiger charge is -2.39. The molecule has 0 unspecified atom stereocenters. The van der Waals surface area contributed by atoms with Crippen molar-refractivity contribution >= 4 is 11.6 Å². The maximum absolute atomic E-state index is 11.6. The predicted molar refractivity (Wildman–Crippen MR) is 74.3 cm³/mol. The molecule has 2 rings (SSSR count). The molecule has 5 heteroatoms. The molecule has 1 aliphatic rings. The summed E-state index contributed by atoms with van der Waals surface area (Å²) in [7, 11) is 1.60.